The van der Waals surface area contributed by atoms with Crippen molar-refractivity contribution in [1.82, 2.24) is 10.3 Å². The van der Waals surface area contributed by atoms with Crippen LogP contribution in [0.5, 0.6) is 11.5 Å². The summed E-state index contributed by atoms with van der Waals surface area (Å²) in [6, 6.07) is 20.8. The van der Waals surface area contributed by atoms with Gasteiger partial charge in [-0.25, -0.2) is 0 Å². The number of halogens is 3. The number of para-hydroxylation sites is 1. The molecule has 0 radical (unpaired) electrons. The van der Waals surface area contributed by atoms with Gasteiger partial charge in [-0.1, -0.05) is 30.3 Å². The molecule has 5 nitrogen and oxygen atoms in total. The molecule has 0 aliphatic rings. The van der Waals surface area contributed by atoms with Gasteiger partial charge < -0.3 is 20.1 Å². The molecule has 2 N–H and O–H groups in total. The van der Waals surface area contributed by atoms with E-state index in [1.165, 1.54) is 0 Å². The molecule has 188 valence electrons. The summed E-state index contributed by atoms with van der Waals surface area (Å²) in [4.78, 5) is 4.49. The van der Waals surface area contributed by atoms with Crippen LogP contribution in [-0.4, -0.2) is 25.2 Å². The first kappa shape index (κ1) is 25.3. The molecule has 0 fully saturated rings. The molecule has 0 aliphatic carbocycles. The molecule has 0 bridgehead atoms. The zero-order valence-electron chi connectivity index (χ0n) is 20.2. The van der Waals surface area contributed by atoms with E-state index in [-0.39, 0.29) is 12.4 Å². The number of rotatable bonds is 10. The molecule has 0 atom stereocenters. The van der Waals surface area contributed by atoms with Gasteiger partial charge in [-0.2, -0.15) is 13.2 Å². The van der Waals surface area contributed by atoms with Gasteiger partial charge in [-0.3, -0.25) is 4.98 Å². The highest BCUT2D eigenvalue weighted by atomic mass is 19.4. The number of nitrogens with zero attached hydrogens (tertiary/aromatic N) is 1. The van der Waals surface area contributed by atoms with Crippen LogP contribution in [0.2, 0.25) is 0 Å². The highest BCUT2D eigenvalue weighted by Gasteiger charge is 2.31. The monoisotopic (exact) mass is 495 g/mol. The van der Waals surface area contributed by atoms with Crippen molar-refractivity contribution in [2.24, 2.45) is 0 Å². The van der Waals surface area contributed by atoms with Crippen molar-refractivity contribution < 1.29 is 22.6 Å². The summed E-state index contributed by atoms with van der Waals surface area (Å²) in [5.74, 6) is 0.955. The number of hydrogen-bond acceptors (Lipinski definition) is 5. The van der Waals surface area contributed by atoms with Gasteiger partial charge in [0.15, 0.2) is 0 Å². The fourth-order valence-corrected chi connectivity index (χ4v) is 3.89. The summed E-state index contributed by atoms with van der Waals surface area (Å²) in [6.45, 7) is 3.45. The standard InChI is InChI=1S/C28H28F3N3O2/c1-19-13-27(25-9-3-4-10-26(25)33-19)34-22-15-21(28(29,30)31)16-24(17-22)36-12-6-11-32-18-20-7-5-8-23(14-20)35-2/h3-5,7-10,13-17,32H,6,11-12,18H2,1-2H3,(H,33,34). The van der Waals surface area contributed by atoms with Crippen LogP contribution in [0.15, 0.2) is 72.8 Å². The van der Waals surface area contributed by atoms with Crippen LogP contribution in [0, 0.1) is 6.92 Å². The van der Waals surface area contributed by atoms with Crippen LogP contribution in [-0.2, 0) is 12.7 Å². The minimum Gasteiger partial charge on any atom is -0.497 e. The number of hydrogen-bond donors (Lipinski definition) is 2. The van der Waals surface area contributed by atoms with Crippen LogP contribution in [0.25, 0.3) is 10.9 Å². The molecular formula is C28H28F3N3O2. The van der Waals surface area contributed by atoms with E-state index in [4.69, 9.17) is 9.47 Å². The van der Waals surface area contributed by atoms with Crippen molar-refractivity contribution in [2.75, 3.05) is 25.6 Å². The van der Waals surface area contributed by atoms with Crippen molar-refractivity contribution in [3.05, 3.63) is 89.6 Å². The zero-order valence-corrected chi connectivity index (χ0v) is 20.2. The summed E-state index contributed by atoms with van der Waals surface area (Å²) in [6.07, 6.45) is -3.86. The Morgan fingerprint density at radius 3 is 2.56 bits per heavy atom. The lowest BCUT2D eigenvalue weighted by molar-refractivity contribution is -0.137. The van der Waals surface area contributed by atoms with Gasteiger partial charge >= 0.3 is 6.18 Å². The van der Waals surface area contributed by atoms with E-state index in [1.807, 2.05) is 61.5 Å². The lowest BCUT2D eigenvalue weighted by Crippen LogP contribution is -2.17. The highest BCUT2D eigenvalue weighted by Crippen LogP contribution is 2.36. The normalized spacial score (nSPS) is 11.5. The second kappa shape index (κ2) is 11.3. The number of anilines is 2. The Morgan fingerprint density at radius 1 is 0.917 bits per heavy atom. The predicted molar refractivity (Wildman–Crippen MR) is 136 cm³/mol. The lowest BCUT2D eigenvalue weighted by atomic mass is 10.1. The van der Waals surface area contributed by atoms with E-state index >= 15 is 0 Å². The molecule has 3 aromatic carbocycles. The lowest BCUT2D eigenvalue weighted by Gasteiger charge is -2.16. The molecule has 0 spiro atoms. The molecule has 0 saturated carbocycles. The van der Waals surface area contributed by atoms with Gasteiger partial charge in [-0.15, -0.1) is 0 Å². The molecule has 0 unspecified atom stereocenters. The van der Waals surface area contributed by atoms with Crippen molar-refractivity contribution in [3.63, 3.8) is 0 Å². The second-order valence-electron chi connectivity index (χ2n) is 8.43. The molecule has 0 aliphatic heterocycles. The number of aryl methyl sites for hydroxylation is 1. The number of aromatic nitrogens is 1. The van der Waals surface area contributed by atoms with Gasteiger partial charge in [0.1, 0.15) is 11.5 Å². The summed E-state index contributed by atoms with van der Waals surface area (Å²) in [7, 11) is 1.62. The Hall–Kier alpha value is -3.78. The Bertz CT molecular complexity index is 1330. The third kappa shape index (κ3) is 6.66. The molecule has 4 aromatic rings. The highest BCUT2D eigenvalue weighted by molar-refractivity contribution is 5.93. The van der Waals surface area contributed by atoms with E-state index in [9.17, 15) is 13.2 Å². The number of methoxy groups -OCH3 is 1. The van der Waals surface area contributed by atoms with E-state index < -0.39 is 11.7 Å². The van der Waals surface area contributed by atoms with Crippen molar-refractivity contribution in [2.45, 2.75) is 26.1 Å². The van der Waals surface area contributed by atoms with Gasteiger partial charge in [0, 0.05) is 35.1 Å². The molecule has 0 saturated heterocycles. The van der Waals surface area contributed by atoms with E-state index in [2.05, 4.69) is 15.6 Å². The van der Waals surface area contributed by atoms with Crippen LogP contribution in [0.1, 0.15) is 23.2 Å². The summed E-state index contributed by atoms with van der Waals surface area (Å²) < 4.78 is 51.7. The largest absolute Gasteiger partial charge is 0.497 e. The minimum absolute atomic E-state index is 0.162. The van der Waals surface area contributed by atoms with Gasteiger partial charge in [-0.05, 0) is 61.9 Å². The fraction of sp³-hybridized carbons (Fsp3) is 0.250. The average molecular weight is 496 g/mol. The maximum atomic E-state index is 13.6. The number of pyridine rings is 1. The van der Waals surface area contributed by atoms with Crippen LogP contribution in [0.3, 0.4) is 0 Å². The Balaban J connectivity index is 1.41. The molecule has 8 heteroatoms. The molecule has 4 rings (SSSR count). The first-order valence-electron chi connectivity index (χ1n) is 11.6. The second-order valence-corrected chi connectivity index (χ2v) is 8.43. The fourth-order valence-electron chi connectivity index (χ4n) is 3.89. The van der Waals surface area contributed by atoms with E-state index in [1.54, 1.807) is 13.2 Å². The summed E-state index contributed by atoms with van der Waals surface area (Å²) in [5.41, 5.74) is 2.83. The molecule has 1 heterocycles. The first-order valence-corrected chi connectivity index (χ1v) is 11.6. The van der Waals surface area contributed by atoms with Gasteiger partial charge in [0.05, 0.1) is 24.8 Å². The molecule has 0 amide bonds. The first-order chi connectivity index (χ1) is 17.3. The van der Waals surface area contributed by atoms with Gasteiger partial charge in [0.25, 0.3) is 0 Å². The number of benzene rings is 3. The number of fused-ring (bicyclic) bond motifs is 1. The predicted octanol–water partition coefficient (Wildman–Crippen LogP) is 6.87. The quantitative estimate of drug-likeness (QED) is 0.235. The van der Waals surface area contributed by atoms with Crippen LogP contribution >= 0.6 is 0 Å². The van der Waals surface area contributed by atoms with Crippen molar-refractivity contribution in [1.29, 1.82) is 0 Å². The molecule has 36 heavy (non-hydrogen) atoms. The average Bonchev–Trinajstić information content (AvgIpc) is 2.85. The maximum absolute atomic E-state index is 13.6. The minimum atomic E-state index is -4.50. The smallest absolute Gasteiger partial charge is 0.416 e. The van der Waals surface area contributed by atoms with E-state index in [0.717, 1.165) is 40.0 Å². The third-order valence-electron chi connectivity index (χ3n) is 5.59. The van der Waals surface area contributed by atoms with E-state index in [0.29, 0.717) is 30.9 Å². The number of alkyl halides is 3. The van der Waals surface area contributed by atoms with Crippen LogP contribution in [0.4, 0.5) is 24.5 Å². The zero-order chi connectivity index (χ0) is 25.5. The summed E-state index contributed by atoms with van der Waals surface area (Å²) >= 11 is 0. The Morgan fingerprint density at radius 2 is 1.75 bits per heavy atom. The van der Waals surface area contributed by atoms with Crippen molar-refractivity contribution >= 4 is 22.3 Å². The molecule has 1 aromatic heterocycles. The van der Waals surface area contributed by atoms with Gasteiger partial charge in [0.2, 0.25) is 0 Å². The maximum Gasteiger partial charge on any atom is 0.416 e. The number of ether oxygens (including phenoxy) is 2. The van der Waals surface area contributed by atoms with Crippen LogP contribution < -0.4 is 20.1 Å². The molecular weight excluding hydrogens is 467 g/mol. The SMILES string of the molecule is COc1cccc(CNCCCOc2cc(Nc3cc(C)nc4ccccc34)cc(C(F)(F)F)c2)c1. The number of nitrogens with one attached hydrogen (secondary N) is 2. The topological polar surface area (TPSA) is 55.4 Å². The third-order valence-corrected chi connectivity index (χ3v) is 5.59. The Labute approximate surface area is 208 Å². The van der Waals surface area contributed by atoms with Crippen molar-refractivity contribution in [3.8, 4) is 11.5 Å². The Kier molecular flexibility index (Phi) is 7.95. The summed E-state index contributed by atoms with van der Waals surface area (Å²) in [5, 5.41) is 7.27.